The lowest BCUT2D eigenvalue weighted by Gasteiger charge is -2.08. The first-order valence-corrected chi connectivity index (χ1v) is 5.72. The summed E-state index contributed by atoms with van der Waals surface area (Å²) in [6, 6.07) is 7.54. The van der Waals surface area contributed by atoms with Gasteiger partial charge < -0.3 is 10.4 Å². The summed E-state index contributed by atoms with van der Waals surface area (Å²) in [7, 11) is 0. The molecule has 0 spiro atoms. The highest BCUT2D eigenvalue weighted by atomic mass is 16.3. The molecule has 17 heavy (non-hydrogen) atoms. The fourth-order valence-corrected chi connectivity index (χ4v) is 1.47. The van der Waals surface area contributed by atoms with E-state index >= 15 is 0 Å². The second-order valence-electron chi connectivity index (χ2n) is 4.34. The Balaban J connectivity index is 2.83. The van der Waals surface area contributed by atoms with Crippen LogP contribution in [0.5, 0.6) is 0 Å². The predicted octanol–water partition coefficient (Wildman–Crippen LogP) is 2.68. The van der Waals surface area contributed by atoms with E-state index in [1.54, 1.807) is 0 Å². The minimum Gasteiger partial charge on any atom is -0.392 e. The highest BCUT2D eigenvalue weighted by Crippen LogP contribution is 2.16. The van der Waals surface area contributed by atoms with E-state index in [2.05, 4.69) is 5.32 Å². The van der Waals surface area contributed by atoms with Gasteiger partial charge in [-0.05, 0) is 29.2 Å². The standard InChI is InChI=1S/C14H19NO2/c1-10(2)13(9-16)8-12-4-6-14(7-5-12)15-11(3)17/h4-8,10,16H,9H2,1-3H3,(H,15,17). The zero-order valence-electron chi connectivity index (χ0n) is 10.5. The molecule has 0 heterocycles. The van der Waals surface area contributed by atoms with Gasteiger partial charge in [0, 0.05) is 12.6 Å². The number of amides is 1. The molecule has 1 aromatic carbocycles. The number of benzene rings is 1. The third-order valence-corrected chi connectivity index (χ3v) is 2.51. The molecule has 1 rings (SSSR count). The highest BCUT2D eigenvalue weighted by molar-refractivity contribution is 5.88. The molecule has 0 unspecified atom stereocenters. The van der Waals surface area contributed by atoms with E-state index in [9.17, 15) is 9.90 Å². The molecule has 0 saturated heterocycles. The number of aliphatic hydroxyl groups excluding tert-OH is 1. The van der Waals surface area contributed by atoms with Gasteiger partial charge >= 0.3 is 0 Å². The van der Waals surface area contributed by atoms with Gasteiger partial charge in [-0.15, -0.1) is 0 Å². The number of aliphatic hydroxyl groups is 1. The molecule has 0 aliphatic heterocycles. The van der Waals surface area contributed by atoms with E-state index in [4.69, 9.17) is 0 Å². The first-order chi connectivity index (χ1) is 8.02. The van der Waals surface area contributed by atoms with E-state index in [0.29, 0.717) is 5.92 Å². The Labute approximate surface area is 102 Å². The molecule has 0 radical (unpaired) electrons. The van der Waals surface area contributed by atoms with E-state index in [1.165, 1.54) is 6.92 Å². The smallest absolute Gasteiger partial charge is 0.221 e. The molecule has 0 aliphatic rings. The van der Waals surface area contributed by atoms with Gasteiger partial charge in [-0.3, -0.25) is 4.79 Å². The monoisotopic (exact) mass is 233 g/mol. The summed E-state index contributed by atoms with van der Waals surface area (Å²) in [6.45, 7) is 5.66. The van der Waals surface area contributed by atoms with Crippen LogP contribution in [-0.4, -0.2) is 17.6 Å². The number of carbonyl (C=O) groups is 1. The summed E-state index contributed by atoms with van der Waals surface area (Å²) in [6.07, 6.45) is 1.97. The molecule has 0 saturated carbocycles. The molecular weight excluding hydrogens is 214 g/mol. The topological polar surface area (TPSA) is 49.3 Å². The summed E-state index contributed by atoms with van der Waals surface area (Å²) < 4.78 is 0. The number of hydrogen-bond acceptors (Lipinski definition) is 2. The van der Waals surface area contributed by atoms with Crippen molar-refractivity contribution >= 4 is 17.7 Å². The number of anilines is 1. The quantitative estimate of drug-likeness (QED) is 0.840. The Morgan fingerprint density at radius 3 is 2.35 bits per heavy atom. The third-order valence-electron chi connectivity index (χ3n) is 2.51. The number of carbonyl (C=O) groups excluding carboxylic acids is 1. The molecule has 0 aromatic heterocycles. The van der Waals surface area contributed by atoms with Gasteiger partial charge in [0.15, 0.2) is 0 Å². The van der Waals surface area contributed by atoms with Crippen molar-refractivity contribution in [2.75, 3.05) is 11.9 Å². The van der Waals surface area contributed by atoms with Crippen LogP contribution in [0, 0.1) is 5.92 Å². The lowest BCUT2D eigenvalue weighted by molar-refractivity contribution is -0.114. The van der Waals surface area contributed by atoms with Crippen LogP contribution in [0.3, 0.4) is 0 Å². The van der Waals surface area contributed by atoms with E-state index in [-0.39, 0.29) is 12.5 Å². The van der Waals surface area contributed by atoms with Crippen LogP contribution in [-0.2, 0) is 4.79 Å². The van der Waals surface area contributed by atoms with Crippen molar-refractivity contribution in [3.8, 4) is 0 Å². The van der Waals surface area contributed by atoms with Crippen LogP contribution in [0.25, 0.3) is 6.08 Å². The second kappa shape index (κ2) is 6.21. The van der Waals surface area contributed by atoms with Crippen molar-refractivity contribution in [1.29, 1.82) is 0 Å². The summed E-state index contributed by atoms with van der Waals surface area (Å²) in [5.74, 6) is 0.251. The maximum absolute atomic E-state index is 10.9. The average molecular weight is 233 g/mol. The Hall–Kier alpha value is -1.61. The lowest BCUT2D eigenvalue weighted by atomic mass is 10.0. The fourth-order valence-electron chi connectivity index (χ4n) is 1.47. The summed E-state index contributed by atoms with van der Waals surface area (Å²) >= 11 is 0. The van der Waals surface area contributed by atoms with E-state index in [1.807, 2.05) is 44.2 Å². The van der Waals surface area contributed by atoms with Crippen molar-refractivity contribution in [1.82, 2.24) is 0 Å². The number of rotatable bonds is 4. The Kier molecular flexibility index (Phi) is 4.91. The van der Waals surface area contributed by atoms with Gasteiger partial charge in [-0.1, -0.05) is 32.1 Å². The van der Waals surface area contributed by atoms with Crippen LogP contribution in [0.4, 0.5) is 5.69 Å². The van der Waals surface area contributed by atoms with Crippen molar-refractivity contribution in [2.45, 2.75) is 20.8 Å². The van der Waals surface area contributed by atoms with Crippen molar-refractivity contribution in [2.24, 2.45) is 5.92 Å². The van der Waals surface area contributed by atoms with Gasteiger partial charge in [0.1, 0.15) is 0 Å². The maximum atomic E-state index is 10.9. The molecule has 0 atom stereocenters. The van der Waals surface area contributed by atoms with Gasteiger partial charge in [0.25, 0.3) is 0 Å². The molecule has 0 fully saturated rings. The maximum Gasteiger partial charge on any atom is 0.221 e. The molecule has 2 N–H and O–H groups in total. The summed E-state index contributed by atoms with van der Waals surface area (Å²) in [5, 5.41) is 11.9. The molecule has 3 nitrogen and oxygen atoms in total. The largest absolute Gasteiger partial charge is 0.392 e. The normalized spacial score (nSPS) is 11.7. The minimum absolute atomic E-state index is 0.0745. The van der Waals surface area contributed by atoms with Gasteiger partial charge in [-0.2, -0.15) is 0 Å². The fraction of sp³-hybridized carbons (Fsp3) is 0.357. The van der Waals surface area contributed by atoms with Crippen LogP contribution in [0.2, 0.25) is 0 Å². The van der Waals surface area contributed by atoms with Gasteiger partial charge in [0.2, 0.25) is 5.91 Å². The van der Waals surface area contributed by atoms with E-state index in [0.717, 1.165) is 16.8 Å². The van der Waals surface area contributed by atoms with Gasteiger partial charge in [-0.25, -0.2) is 0 Å². The van der Waals surface area contributed by atoms with Crippen molar-refractivity contribution in [3.63, 3.8) is 0 Å². The highest BCUT2D eigenvalue weighted by Gasteiger charge is 2.02. The first-order valence-electron chi connectivity index (χ1n) is 5.72. The molecule has 0 aliphatic carbocycles. The van der Waals surface area contributed by atoms with Crippen LogP contribution < -0.4 is 5.32 Å². The van der Waals surface area contributed by atoms with E-state index < -0.39 is 0 Å². The molecule has 0 bridgehead atoms. The first kappa shape index (κ1) is 13.5. The predicted molar refractivity (Wildman–Crippen MR) is 70.6 cm³/mol. The van der Waals surface area contributed by atoms with Gasteiger partial charge in [0.05, 0.1) is 6.61 Å². The molecular formula is C14H19NO2. The van der Waals surface area contributed by atoms with Crippen LogP contribution in [0.1, 0.15) is 26.3 Å². The Morgan fingerprint density at radius 1 is 1.35 bits per heavy atom. The number of hydrogen-bond donors (Lipinski definition) is 2. The third kappa shape index (κ3) is 4.41. The second-order valence-corrected chi connectivity index (χ2v) is 4.34. The van der Waals surface area contributed by atoms with Crippen LogP contribution >= 0.6 is 0 Å². The SMILES string of the molecule is CC(=O)Nc1ccc(C=C(CO)C(C)C)cc1. The van der Waals surface area contributed by atoms with Crippen molar-refractivity contribution in [3.05, 3.63) is 35.4 Å². The molecule has 3 heteroatoms. The molecule has 1 amide bonds. The molecule has 1 aromatic rings. The molecule has 92 valence electrons. The zero-order valence-corrected chi connectivity index (χ0v) is 10.5. The summed E-state index contributed by atoms with van der Waals surface area (Å²) in [4.78, 5) is 10.9. The zero-order chi connectivity index (χ0) is 12.8. The minimum atomic E-state index is -0.0773. The average Bonchev–Trinajstić information content (AvgIpc) is 2.26. The van der Waals surface area contributed by atoms with Crippen LogP contribution in [0.15, 0.2) is 29.8 Å². The summed E-state index contributed by atoms with van der Waals surface area (Å²) in [5.41, 5.74) is 2.80. The number of nitrogens with one attached hydrogen (secondary N) is 1. The lowest BCUT2D eigenvalue weighted by Crippen LogP contribution is -2.05. The van der Waals surface area contributed by atoms with Crippen molar-refractivity contribution < 1.29 is 9.90 Å². The Morgan fingerprint density at radius 2 is 1.94 bits per heavy atom. The Bertz CT molecular complexity index is 405.